The van der Waals surface area contributed by atoms with Crippen LogP contribution in [0.25, 0.3) is 0 Å². The molecule has 2 amide bonds. The van der Waals surface area contributed by atoms with E-state index in [4.69, 9.17) is 0 Å². The summed E-state index contributed by atoms with van der Waals surface area (Å²) in [6.45, 7) is 6.71. The lowest BCUT2D eigenvalue weighted by Crippen LogP contribution is -2.40. The highest BCUT2D eigenvalue weighted by Crippen LogP contribution is 2.13. The Hall–Kier alpha value is -1.85. The van der Waals surface area contributed by atoms with Gasteiger partial charge in [0, 0.05) is 18.2 Å². The lowest BCUT2D eigenvalue weighted by molar-refractivity contribution is -0.124. The fourth-order valence-corrected chi connectivity index (χ4v) is 1.20. The molecule has 1 unspecified atom stereocenters. The van der Waals surface area contributed by atoms with Gasteiger partial charge >= 0.3 is 0 Å². The second-order valence-corrected chi connectivity index (χ2v) is 3.73. The van der Waals surface area contributed by atoms with Crippen LogP contribution in [0.4, 0.5) is 5.82 Å². The summed E-state index contributed by atoms with van der Waals surface area (Å²) in [6.07, 6.45) is 0. The van der Waals surface area contributed by atoms with Gasteiger partial charge in [-0.2, -0.15) is 5.10 Å². The average Bonchev–Trinajstić information content (AvgIpc) is 2.48. The van der Waals surface area contributed by atoms with Gasteiger partial charge in [0.15, 0.2) is 5.82 Å². The van der Waals surface area contributed by atoms with Gasteiger partial charge in [-0.25, -0.2) is 0 Å². The van der Waals surface area contributed by atoms with Crippen LogP contribution in [0.3, 0.4) is 0 Å². The van der Waals surface area contributed by atoms with E-state index in [1.165, 1.54) is 6.92 Å². The molecular formula is C10H16N4O2. The van der Waals surface area contributed by atoms with E-state index in [0.29, 0.717) is 5.82 Å². The van der Waals surface area contributed by atoms with E-state index in [1.807, 2.05) is 13.8 Å². The molecule has 88 valence electrons. The maximum atomic E-state index is 11.6. The number of nitrogens with zero attached hydrogens (tertiary/aromatic N) is 1. The lowest BCUT2D eigenvalue weighted by Gasteiger charge is -2.11. The van der Waals surface area contributed by atoms with E-state index < -0.39 is 6.04 Å². The molecule has 3 N–H and O–H groups in total. The zero-order valence-corrected chi connectivity index (χ0v) is 9.84. The standard InChI is InChI=1S/C10H16N4O2/c1-5-6(2)13-14-9(5)12-10(16)7(3)11-8(4)15/h7H,1-4H3,(H,11,15)(H2,12,13,14,16). The summed E-state index contributed by atoms with van der Waals surface area (Å²) in [5.74, 6) is -0.0258. The Bertz CT molecular complexity index is 411. The van der Waals surface area contributed by atoms with E-state index in [0.717, 1.165) is 11.3 Å². The zero-order chi connectivity index (χ0) is 12.3. The van der Waals surface area contributed by atoms with Crippen LogP contribution < -0.4 is 10.6 Å². The van der Waals surface area contributed by atoms with Gasteiger partial charge in [-0.1, -0.05) is 0 Å². The minimum Gasteiger partial charge on any atom is -0.345 e. The summed E-state index contributed by atoms with van der Waals surface area (Å²) < 4.78 is 0. The third-order valence-corrected chi connectivity index (χ3v) is 2.31. The molecule has 16 heavy (non-hydrogen) atoms. The number of hydrogen-bond acceptors (Lipinski definition) is 3. The van der Waals surface area contributed by atoms with Gasteiger partial charge in [0.25, 0.3) is 0 Å². The van der Waals surface area contributed by atoms with E-state index in [9.17, 15) is 9.59 Å². The van der Waals surface area contributed by atoms with Gasteiger partial charge < -0.3 is 10.6 Å². The molecule has 1 atom stereocenters. The van der Waals surface area contributed by atoms with Gasteiger partial charge in [-0.3, -0.25) is 14.7 Å². The van der Waals surface area contributed by atoms with Crippen LogP contribution in [0.1, 0.15) is 25.1 Å². The van der Waals surface area contributed by atoms with Crippen molar-refractivity contribution in [3.05, 3.63) is 11.3 Å². The monoisotopic (exact) mass is 224 g/mol. The largest absolute Gasteiger partial charge is 0.345 e. The molecular weight excluding hydrogens is 208 g/mol. The third-order valence-electron chi connectivity index (χ3n) is 2.31. The number of hydrogen-bond donors (Lipinski definition) is 3. The summed E-state index contributed by atoms with van der Waals surface area (Å²) in [6, 6.07) is -0.575. The smallest absolute Gasteiger partial charge is 0.247 e. The number of aromatic amines is 1. The van der Waals surface area contributed by atoms with Crippen LogP contribution in [-0.4, -0.2) is 28.1 Å². The van der Waals surface area contributed by atoms with Gasteiger partial charge in [-0.05, 0) is 20.8 Å². The molecule has 0 aromatic carbocycles. The van der Waals surface area contributed by atoms with Gasteiger partial charge in [-0.15, -0.1) is 0 Å². The van der Waals surface area contributed by atoms with E-state index >= 15 is 0 Å². The number of nitrogens with one attached hydrogen (secondary N) is 3. The summed E-state index contributed by atoms with van der Waals surface area (Å²) in [5.41, 5.74) is 1.80. The molecule has 0 radical (unpaired) electrons. The van der Waals surface area contributed by atoms with Crippen LogP contribution in [0.15, 0.2) is 0 Å². The first-order chi connectivity index (χ1) is 7.41. The molecule has 0 aliphatic carbocycles. The number of aryl methyl sites for hydroxylation is 1. The van der Waals surface area contributed by atoms with Gasteiger partial charge in [0.05, 0.1) is 0 Å². The van der Waals surface area contributed by atoms with Crippen molar-refractivity contribution in [2.75, 3.05) is 5.32 Å². The van der Waals surface area contributed by atoms with Crippen LogP contribution in [0.5, 0.6) is 0 Å². The van der Waals surface area contributed by atoms with Gasteiger partial charge in [0.2, 0.25) is 11.8 Å². The van der Waals surface area contributed by atoms with Crippen LogP contribution in [0.2, 0.25) is 0 Å². The molecule has 0 bridgehead atoms. The van der Waals surface area contributed by atoms with Crippen molar-refractivity contribution in [1.29, 1.82) is 0 Å². The van der Waals surface area contributed by atoms with E-state index in [-0.39, 0.29) is 11.8 Å². The Labute approximate surface area is 93.8 Å². The Morgan fingerprint density at radius 3 is 2.44 bits per heavy atom. The minimum atomic E-state index is -0.575. The molecule has 0 saturated heterocycles. The number of carbonyl (C=O) groups excluding carboxylic acids is 2. The Kier molecular flexibility index (Phi) is 3.65. The summed E-state index contributed by atoms with van der Waals surface area (Å²) in [4.78, 5) is 22.4. The highest BCUT2D eigenvalue weighted by Gasteiger charge is 2.16. The quantitative estimate of drug-likeness (QED) is 0.698. The maximum absolute atomic E-state index is 11.6. The molecule has 1 rings (SSSR count). The number of H-pyrrole nitrogens is 1. The second-order valence-electron chi connectivity index (χ2n) is 3.73. The average molecular weight is 224 g/mol. The number of anilines is 1. The molecule has 0 saturated carbocycles. The van der Waals surface area contributed by atoms with Crippen molar-refractivity contribution in [2.24, 2.45) is 0 Å². The highest BCUT2D eigenvalue weighted by atomic mass is 16.2. The first-order valence-corrected chi connectivity index (χ1v) is 5.01. The predicted molar refractivity (Wildman–Crippen MR) is 60.0 cm³/mol. The van der Waals surface area contributed by atoms with Crippen LogP contribution in [0, 0.1) is 13.8 Å². The van der Waals surface area contributed by atoms with Crippen molar-refractivity contribution in [1.82, 2.24) is 15.5 Å². The van der Waals surface area contributed by atoms with E-state index in [2.05, 4.69) is 20.8 Å². The molecule has 6 nitrogen and oxygen atoms in total. The minimum absolute atomic E-state index is 0.238. The van der Waals surface area contributed by atoms with Crippen molar-refractivity contribution >= 4 is 17.6 Å². The third kappa shape index (κ3) is 2.82. The van der Waals surface area contributed by atoms with Crippen molar-refractivity contribution in [2.45, 2.75) is 33.7 Å². The first-order valence-electron chi connectivity index (χ1n) is 5.01. The number of aromatic nitrogens is 2. The maximum Gasteiger partial charge on any atom is 0.247 e. The topological polar surface area (TPSA) is 86.9 Å². The molecule has 0 aliphatic rings. The molecule has 1 aromatic rings. The fraction of sp³-hybridized carbons (Fsp3) is 0.500. The predicted octanol–water partition coefficient (Wildman–Crippen LogP) is 0.490. The molecule has 6 heteroatoms. The second kappa shape index (κ2) is 4.78. The molecule has 0 fully saturated rings. The Morgan fingerprint density at radius 2 is 2.00 bits per heavy atom. The Morgan fingerprint density at radius 1 is 1.38 bits per heavy atom. The number of rotatable bonds is 3. The summed E-state index contributed by atoms with van der Waals surface area (Å²) in [7, 11) is 0. The number of carbonyl (C=O) groups is 2. The number of amides is 2. The zero-order valence-electron chi connectivity index (χ0n) is 9.84. The fourth-order valence-electron chi connectivity index (χ4n) is 1.20. The van der Waals surface area contributed by atoms with Crippen molar-refractivity contribution in [3.8, 4) is 0 Å². The SMILES string of the molecule is CC(=O)NC(C)C(=O)Nc1n[nH]c(C)c1C. The summed E-state index contributed by atoms with van der Waals surface area (Å²) in [5, 5.41) is 11.9. The van der Waals surface area contributed by atoms with Gasteiger partial charge in [0.1, 0.15) is 6.04 Å². The molecule has 0 aliphatic heterocycles. The van der Waals surface area contributed by atoms with E-state index in [1.54, 1.807) is 6.92 Å². The molecule has 1 heterocycles. The van der Waals surface area contributed by atoms with Crippen LogP contribution in [-0.2, 0) is 9.59 Å². The first kappa shape index (κ1) is 12.2. The normalized spacial score (nSPS) is 12.0. The van der Waals surface area contributed by atoms with Crippen molar-refractivity contribution < 1.29 is 9.59 Å². The summed E-state index contributed by atoms with van der Waals surface area (Å²) >= 11 is 0. The molecule has 0 spiro atoms. The van der Waals surface area contributed by atoms with Crippen LogP contribution >= 0.6 is 0 Å². The van der Waals surface area contributed by atoms with Crippen molar-refractivity contribution in [3.63, 3.8) is 0 Å². The lowest BCUT2D eigenvalue weighted by atomic mass is 10.2. The Balaban J connectivity index is 2.64. The highest BCUT2D eigenvalue weighted by molar-refractivity contribution is 5.96. The molecule has 1 aromatic heterocycles.